The Labute approximate surface area is 159 Å². The SMILES string of the molecule is CC[C@@H](CNC(=O)CCC(=O)c1cccs1)N1CCc2ccccc2C1. The summed E-state index contributed by atoms with van der Waals surface area (Å²) in [7, 11) is 0. The number of carbonyl (C=O) groups is 2. The molecule has 4 nitrogen and oxygen atoms in total. The Morgan fingerprint density at radius 1 is 1.15 bits per heavy atom. The van der Waals surface area contributed by atoms with Gasteiger partial charge in [0.05, 0.1) is 4.88 Å². The first-order chi connectivity index (χ1) is 12.7. The summed E-state index contributed by atoms with van der Waals surface area (Å²) in [5.74, 6) is 0.0144. The first-order valence-corrected chi connectivity index (χ1v) is 10.2. The molecule has 2 heterocycles. The Balaban J connectivity index is 1.45. The number of carbonyl (C=O) groups excluding carboxylic acids is 2. The Bertz CT molecular complexity index is 742. The predicted molar refractivity (Wildman–Crippen MR) is 106 cm³/mol. The topological polar surface area (TPSA) is 49.4 Å². The molecule has 1 N–H and O–H groups in total. The first kappa shape index (κ1) is 18.8. The highest BCUT2D eigenvalue weighted by Gasteiger charge is 2.22. The van der Waals surface area contributed by atoms with Crippen LogP contribution in [0.1, 0.15) is 47.0 Å². The van der Waals surface area contributed by atoms with Crippen molar-refractivity contribution >= 4 is 23.0 Å². The van der Waals surface area contributed by atoms with Crippen molar-refractivity contribution in [2.75, 3.05) is 13.1 Å². The number of hydrogen-bond donors (Lipinski definition) is 1. The van der Waals surface area contributed by atoms with Gasteiger partial charge in [0, 0.05) is 38.5 Å². The van der Waals surface area contributed by atoms with Crippen molar-refractivity contribution in [3.63, 3.8) is 0 Å². The van der Waals surface area contributed by atoms with Gasteiger partial charge in [0.15, 0.2) is 5.78 Å². The zero-order valence-electron chi connectivity index (χ0n) is 15.2. The molecule has 2 aromatic rings. The third kappa shape index (κ3) is 4.80. The highest BCUT2D eigenvalue weighted by molar-refractivity contribution is 7.12. The maximum absolute atomic E-state index is 12.1. The molecule has 1 aromatic carbocycles. The summed E-state index contributed by atoms with van der Waals surface area (Å²) in [6.45, 7) is 4.78. The molecule has 0 bridgehead atoms. The molecule has 3 rings (SSSR count). The van der Waals surface area contributed by atoms with Gasteiger partial charge in [0.25, 0.3) is 0 Å². The summed E-state index contributed by atoms with van der Waals surface area (Å²) in [5.41, 5.74) is 2.83. The Morgan fingerprint density at radius 2 is 1.96 bits per heavy atom. The molecule has 1 aromatic heterocycles. The molecule has 5 heteroatoms. The summed E-state index contributed by atoms with van der Waals surface area (Å²) >= 11 is 1.43. The molecule has 1 atom stereocenters. The van der Waals surface area contributed by atoms with Crippen LogP contribution in [0.25, 0.3) is 0 Å². The third-order valence-corrected chi connectivity index (χ3v) is 5.97. The third-order valence-electron chi connectivity index (χ3n) is 5.06. The van der Waals surface area contributed by atoms with Crippen LogP contribution in [0.5, 0.6) is 0 Å². The largest absolute Gasteiger partial charge is 0.355 e. The normalized spacial score (nSPS) is 15.3. The molecule has 0 unspecified atom stereocenters. The highest BCUT2D eigenvalue weighted by atomic mass is 32.1. The Kier molecular flexibility index (Phi) is 6.58. The van der Waals surface area contributed by atoms with Gasteiger partial charge in [0.1, 0.15) is 0 Å². The molecule has 1 aliphatic heterocycles. The van der Waals surface area contributed by atoms with Crippen molar-refractivity contribution in [3.05, 3.63) is 57.8 Å². The fraction of sp³-hybridized carbons (Fsp3) is 0.429. The average molecular weight is 371 g/mol. The quantitative estimate of drug-likeness (QED) is 0.722. The fourth-order valence-corrected chi connectivity index (χ4v) is 4.16. The van der Waals surface area contributed by atoms with Crippen LogP contribution in [0, 0.1) is 0 Å². The van der Waals surface area contributed by atoms with Crippen LogP contribution in [0.15, 0.2) is 41.8 Å². The lowest BCUT2D eigenvalue weighted by Gasteiger charge is -2.35. The monoisotopic (exact) mass is 370 g/mol. The number of benzene rings is 1. The van der Waals surface area contributed by atoms with E-state index in [4.69, 9.17) is 0 Å². The number of nitrogens with one attached hydrogen (secondary N) is 1. The molecule has 138 valence electrons. The standard InChI is InChI=1S/C21H26N2O2S/c1-2-18(23-12-11-16-6-3-4-7-17(16)15-23)14-22-21(25)10-9-19(24)20-8-5-13-26-20/h3-8,13,18H,2,9-12,14-15H2,1H3,(H,22,25)/t18-/m0/s1. The molecule has 26 heavy (non-hydrogen) atoms. The van der Waals surface area contributed by atoms with E-state index in [2.05, 4.69) is 41.4 Å². The summed E-state index contributed by atoms with van der Waals surface area (Å²) in [4.78, 5) is 27.3. The van der Waals surface area contributed by atoms with Gasteiger partial charge in [0.2, 0.25) is 5.91 Å². The van der Waals surface area contributed by atoms with E-state index in [1.807, 2.05) is 17.5 Å². The minimum absolute atomic E-state index is 0.0363. The first-order valence-electron chi connectivity index (χ1n) is 9.31. The van der Waals surface area contributed by atoms with Gasteiger partial charge in [-0.3, -0.25) is 14.5 Å². The molecular weight excluding hydrogens is 344 g/mol. The number of hydrogen-bond acceptors (Lipinski definition) is 4. The number of ketones is 1. The lowest BCUT2D eigenvalue weighted by atomic mass is 9.98. The number of rotatable bonds is 8. The lowest BCUT2D eigenvalue weighted by molar-refractivity contribution is -0.121. The van der Waals surface area contributed by atoms with Gasteiger partial charge in [-0.15, -0.1) is 11.3 Å². The second-order valence-electron chi connectivity index (χ2n) is 6.76. The van der Waals surface area contributed by atoms with Gasteiger partial charge < -0.3 is 5.32 Å². The van der Waals surface area contributed by atoms with Crippen LogP contribution in [-0.2, 0) is 17.8 Å². The van der Waals surface area contributed by atoms with E-state index in [0.717, 1.165) is 30.8 Å². The molecule has 0 saturated heterocycles. The fourth-order valence-electron chi connectivity index (χ4n) is 3.47. The highest BCUT2D eigenvalue weighted by Crippen LogP contribution is 2.21. The molecule has 0 radical (unpaired) electrons. The summed E-state index contributed by atoms with van der Waals surface area (Å²) in [6.07, 6.45) is 2.60. The van der Waals surface area contributed by atoms with E-state index < -0.39 is 0 Å². The van der Waals surface area contributed by atoms with Gasteiger partial charge in [-0.1, -0.05) is 37.3 Å². The van der Waals surface area contributed by atoms with Crippen molar-refractivity contribution < 1.29 is 9.59 Å². The van der Waals surface area contributed by atoms with Gasteiger partial charge in [-0.25, -0.2) is 0 Å². The Morgan fingerprint density at radius 3 is 2.69 bits per heavy atom. The average Bonchev–Trinajstić information content (AvgIpc) is 3.21. The zero-order chi connectivity index (χ0) is 18.4. The zero-order valence-corrected chi connectivity index (χ0v) is 16.1. The van der Waals surface area contributed by atoms with E-state index in [1.165, 1.54) is 22.5 Å². The van der Waals surface area contributed by atoms with Crippen LogP contribution in [-0.4, -0.2) is 35.7 Å². The van der Waals surface area contributed by atoms with Crippen LogP contribution >= 0.6 is 11.3 Å². The molecule has 0 aliphatic carbocycles. The minimum Gasteiger partial charge on any atom is -0.355 e. The Hall–Kier alpha value is -1.98. The maximum atomic E-state index is 12.1. The predicted octanol–water partition coefficient (Wildman–Crippen LogP) is 3.66. The molecule has 1 amide bonds. The number of fused-ring (bicyclic) bond motifs is 1. The van der Waals surface area contributed by atoms with Gasteiger partial charge in [-0.2, -0.15) is 0 Å². The number of thiophene rings is 1. The second kappa shape index (κ2) is 9.10. The lowest BCUT2D eigenvalue weighted by Crippen LogP contribution is -2.45. The van der Waals surface area contributed by atoms with Crippen molar-refractivity contribution in [1.82, 2.24) is 10.2 Å². The van der Waals surface area contributed by atoms with Crippen molar-refractivity contribution in [1.29, 1.82) is 0 Å². The van der Waals surface area contributed by atoms with Crippen molar-refractivity contribution in [2.24, 2.45) is 0 Å². The number of nitrogens with zero attached hydrogens (tertiary/aromatic N) is 1. The molecule has 1 aliphatic rings. The molecule has 0 spiro atoms. The number of Topliss-reactive ketones (excluding diaryl/α,β-unsaturated/α-hetero) is 1. The van der Waals surface area contributed by atoms with Gasteiger partial charge in [-0.05, 0) is 35.4 Å². The molecular formula is C21H26N2O2S. The van der Waals surface area contributed by atoms with Crippen LogP contribution in [0.4, 0.5) is 0 Å². The van der Waals surface area contributed by atoms with E-state index >= 15 is 0 Å². The van der Waals surface area contributed by atoms with Crippen LogP contribution in [0.3, 0.4) is 0 Å². The number of amides is 1. The van der Waals surface area contributed by atoms with E-state index in [0.29, 0.717) is 12.6 Å². The molecule has 0 saturated carbocycles. The summed E-state index contributed by atoms with van der Waals surface area (Å²) in [5, 5.41) is 4.91. The summed E-state index contributed by atoms with van der Waals surface area (Å²) < 4.78 is 0. The van der Waals surface area contributed by atoms with Crippen molar-refractivity contribution in [2.45, 2.75) is 45.2 Å². The second-order valence-corrected chi connectivity index (χ2v) is 7.70. The van der Waals surface area contributed by atoms with E-state index in [9.17, 15) is 9.59 Å². The van der Waals surface area contributed by atoms with Crippen LogP contribution < -0.4 is 5.32 Å². The van der Waals surface area contributed by atoms with Gasteiger partial charge >= 0.3 is 0 Å². The van der Waals surface area contributed by atoms with Crippen LogP contribution in [0.2, 0.25) is 0 Å². The smallest absolute Gasteiger partial charge is 0.220 e. The van der Waals surface area contributed by atoms with E-state index in [1.54, 1.807) is 0 Å². The summed E-state index contributed by atoms with van der Waals surface area (Å²) in [6, 6.07) is 12.6. The molecule has 0 fully saturated rings. The maximum Gasteiger partial charge on any atom is 0.220 e. The minimum atomic E-state index is -0.0363. The van der Waals surface area contributed by atoms with Crippen molar-refractivity contribution in [3.8, 4) is 0 Å². The van der Waals surface area contributed by atoms with E-state index in [-0.39, 0.29) is 24.5 Å².